The molecular formula is C35H33N3O9. The molecule has 0 radical (unpaired) electrons. The first-order chi connectivity index (χ1) is 22.9. The second-order valence-corrected chi connectivity index (χ2v) is 9.87. The van der Waals surface area contributed by atoms with E-state index in [0.29, 0.717) is 50.8 Å². The molecule has 0 aliphatic heterocycles. The highest BCUT2D eigenvalue weighted by Gasteiger charge is 2.24. The maximum absolute atomic E-state index is 13.5. The van der Waals surface area contributed by atoms with Crippen molar-refractivity contribution in [3.63, 3.8) is 0 Å². The van der Waals surface area contributed by atoms with Gasteiger partial charge in [-0.15, -0.1) is 0 Å². The normalized spacial score (nSPS) is 10.9. The Labute approximate surface area is 270 Å². The molecule has 12 heteroatoms. The van der Waals surface area contributed by atoms with Crippen LogP contribution in [-0.2, 0) is 0 Å². The monoisotopic (exact) mass is 639 g/mol. The number of fused-ring (bicyclic) bond motifs is 1. The zero-order valence-corrected chi connectivity index (χ0v) is 26.6. The summed E-state index contributed by atoms with van der Waals surface area (Å²) in [6.07, 6.45) is 1.44. The lowest BCUT2D eigenvalue weighted by atomic mass is 10.0. The van der Waals surface area contributed by atoms with Crippen LogP contribution in [0.4, 0.5) is 0 Å². The van der Waals surface area contributed by atoms with Crippen LogP contribution in [0.3, 0.4) is 0 Å². The topological polar surface area (TPSA) is 139 Å². The van der Waals surface area contributed by atoms with Gasteiger partial charge < -0.3 is 38.1 Å². The molecule has 0 bridgehead atoms. The van der Waals surface area contributed by atoms with Crippen LogP contribution in [0.25, 0.3) is 22.0 Å². The molecule has 5 rings (SSSR count). The standard InChI is InChI=1S/C35H33N3O9/c1-41-24-14-15-25(42-2)31-30(24)29(21-10-8-7-9-11-21)32(37-31)34(39)38-36-19-20-12-13-23(26(16-20)43-3)47-35(40)22-17-27(44-4)33(46-6)28(18-22)45-5/h7-19,37H,1-6H3,(H,38,39). The van der Waals surface area contributed by atoms with E-state index in [1.54, 1.807) is 44.6 Å². The predicted molar refractivity (Wildman–Crippen MR) is 176 cm³/mol. The van der Waals surface area contributed by atoms with Gasteiger partial charge in [0.05, 0.1) is 65.3 Å². The number of methoxy groups -OCH3 is 6. The number of rotatable bonds is 12. The summed E-state index contributed by atoms with van der Waals surface area (Å²) in [5.41, 5.74) is 5.67. The number of nitrogens with one attached hydrogen (secondary N) is 2. The Morgan fingerprint density at radius 2 is 1.30 bits per heavy atom. The van der Waals surface area contributed by atoms with Gasteiger partial charge in [0.1, 0.15) is 17.2 Å². The predicted octanol–water partition coefficient (Wildman–Crippen LogP) is 5.87. The van der Waals surface area contributed by atoms with E-state index >= 15 is 0 Å². The molecule has 1 aromatic heterocycles. The first kappa shape index (κ1) is 32.2. The van der Waals surface area contributed by atoms with E-state index in [0.717, 1.165) is 5.56 Å². The summed E-state index contributed by atoms with van der Waals surface area (Å²) >= 11 is 0. The van der Waals surface area contributed by atoms with Crippen LogP contribution >= 0.6 is 0 Å². The molecule has 0 unspecified atom stereocenters. The summed E-state index contributed by atoms with van der Waals surface area (Å²) < 4.78 is 38.3. The minimum atomic E-state index is -0.669. The zero-order valence-electron chi connectivity index (χ0n) is 26.6. The van der Waals surface area contributed by atoms with E-state index in [9.17, 15) is 9.59 Å². The molecule has 2 N–H and O–H groups in total. The molecule has 1 amide bonds. The van der Waals surface area contributed by atoms with Crippen molar-refractivity contribution in [2.75, 3.05) is 42.7 Å². The smallest absolute Gasteiger partial charge is 0.343 e. The van der Waals surface area contributed by atoms with E-state index in [4.69, 9.17) is 33.2 Å². The number of H-pyrrole nitrogens is 1. The second kappa shape index (κ2) is 14.3. The van der Waals surface area contributed by atoms with Crippen LogP contribution < -0.4 is 38.6 Å². The SMILES string of the molecule is COc1cc(C=NNC(=O)c2[nH]c3c(OC)ccc(OC)c3c2-c2ccccc2)ccc1OC(=O)c1cc(OC)c(OC)c(OC)c1. The van der Waals surface area contributed by atoms with Crippen molar-refractivity contribution in [1.29, 1.82) is 0 Å². The second-order valence-electron chi connectivity index (χ2n) is 9.87. The van der Waals surface area contributed by atoms with Crippen molar-refractivity contribution in [3.8, 4) is 51.4 Å². The lowest BCUT2D eigenvalue weighted by molar-refractivity contribution is 0.0728. The maximum atomic E-state index is 13.5. The zero-order chi connectivity index (χ0) is 33.5. The van der Waals surface area contributed by atoms with Gasteiger partial charge in [-0.1, -0.05) is 30.3 Å². The van der Waals surface area contributed by atoms with Crippen molar-refractivity contribution in [2.24, 2.45) is 5.10 Å². The number of carbonyl (C=O) groups is 2. The van der Waals surface area contributed by atoms with Gasteiger partial charge in [0, 0.05) is 5.56 Å². The van der Waals surface area contributed by atoms with Crippen LogP contribution in [0.1, 0.15) is 26.4 Å². The number of aromatic amines is 1. The van der Waals surface area contributed by atoms with Crippen molar-refractivity contribution in [3.05, 3.63) is 89.6 Å². The average Bonchev–Trinajstić information content (AvgIpc) is 3.52. The number of hydrogen-bond donors (Lipinski definition) is 2. The molecule has 1 heterocycles. The molecule has 4 aromatic carbocycles. The number of carbonyl (C=O) groups excluding carboxylic acids is 2. The number of ether oxygens (including phenoxy) is 7. The largest absolute Gasteiger partial charge is 0.496 e. The van der Waals surface area contributed by atoms with E-state index < -0.39 is 11.9 Å². The summed E-state index contributed by atoms with van der Waals surface area (Å²) in [5, 5.41) is 4.87. The minimum Gasteiger partial charge on any atom is -0.496 e. The molecule has 12 nitrogen and oxygen atoms in total. The highest BCUT2D eigenvalue weighted by molar-refractivity contribution is 6.13. The summed E-state index contributed by atoms with van der Waals surface area (Å²) in [6, 6.07) is 20.9. The first-order valence-corrected chi connectivity index (χ1v) is 14.2. The molecule has 242 valence electrons. The van der Waals surface area contributed by atoms with E-state index in [2.05, 4.69) is 15.5 Å². The Kier molecular flexibility index (Phi) is 9.80. The molecule has 0 saturated carbocycles. The fourth-order valence-corrected chi connectivity index (χ4v) is 5.08. The Bertz CT molecular complexity index is 1930. The van der Waals surface area contributed by atoms with Crippen LogP contribution in [0.2, 0.25) is 0 Å². The van der Waals surface area contributed by atoms with Crippen LogP contribution in [0.5, 0.6) is 40.2 Å². The number of benzene rings is 4. The number of nitrogens with zero attached hydrogens (tertiary/aromatic N) is 1. The van der Waals surface area contributed by atoms with Crippen molar-refractivity contribution in [1.82, 2.24) is 10.4 Å². The molecule has 0 saturated heterocycles. The lowest BCUT2D eigenvalue weighted by Crippen LogP contribution is -2.19. The van der Waals surface area contributed by atoms with Crippen molar-refractivity contribution < 1.29 is 42.7 Å². The summed E-state index contributed by atoms with van der Waals surface area (Å²) in [6.45, 7) is 0. The molecule has 5 aromatic rings. The molecule has 0 fully saturated rings. The van der Waals surface area contributed by atoms with Crippen molar-refractivity contribution >= 4 is 29.0 Å². The van der Waals surface area contributed by atoms with E-state index in [1.165, 1.54) is 46.8 Å². The third-order valence-electron chi connectivity index (χ3n) is 7.28. The molecule has 0 atom stereocenters. The highest BCUT2D eigenvalue weighted by atomic mass is 16.6. The van der Waals surface area contributed by atoms with Crippen LogP contribution in [-0.4, -0.2) is 65.7 Å². The van der Waals surface area contributed by atoms with Crippen molar-refractivity contribution in [2.45, 2.75) is 0 Å². The molecule has 0 aliphatic carbocycles. The lowest BCUT2D eigenvalue weighted by Gasteiger charge is -2.14. The Morgan fingerprint density at radius 1 is 0.681 bits per heavy atom. The van der Waals surface area contributed by atoms with Gasteiger partial charge in [-0.3, -0.25) is 4.79 Å². The fraction of sp³-hybridized carbons (Fsp3) is 0.171. The number of esters is 1. The van der Waals surface area contributed by atoms with Gasteiger partial charge in [-0.2, -0.15) is 5.10 Å². The van der Waals surface area contributed by atoms with Crippen LogP contribution in [0.15, 0.2) is 77.9 Å². The quantitative estimate of drug-likeness (QED) is 0.0743. The molecule has 47 heavy (non-hydrogen) atoms. The van der Waals surface area contributed by atoms with Gasteiger partial charge in [0.25, 0.3) is 5.91 Å². The molecule has 0 spiro atoms. The van der Waals surface area contributed by atoms with Gasteiger partial charge in [0.15, 0.2) is 23.0 Å². The maximum Gasteiger partial charge on any atom is 0.343 e. The number of hydrazone groups is 1. The minimum absolute atomic E-state index is 0.168. The van der Waals surface area contributed by atoms with Gasteiger partial charge in [-0.05, 0) is 53.6 Å². The summed E-state index contributed by atoms with van der Waals surface area (Å²) in [5.74, 6) is 1.38. The third kappa shape index (κ3) is 6.47. The highest BCUT2D eigenvalue weighted by Crippen LogP contribution is 2.42. The molecule has 0 aliphatic rings. The molecular weight excluding hydrogens is 606 g/mol. The Hall–Kier alpha value is -6.17. The van der Waals surface area contributed by atoms with Crippen LogP contribution in [0, 0.1) is 0 Å². The third-order valence-corrected chi connectivity index (χ3v) is 7.28. The summed E-state index contributed by atoms with van der Waals surface area (Å²) in [4.78, 5) is 29.8. The Morgan fingerprint density at radius 3 is 1.91 bits per heavy atom. The van der Waals surface area contributed by atoms with E-state index in [1.807, 2.05) is 30.3 Å². The number of aromatic nitrogens is 1. The van der Waals surface area contributed by atoms with Gasteiger partial charge in [0.2, 0.25) is 5.75 Å². The Balaban J connectivity index is 1.38. The van der Waals surface area contributed by atoms with Gasteiger partial charge >= 0.3 is 5.97 Å². The van der Waals surface area contributed by atoms with Gasteiger partial charge in [-0.25, -0.2) is 10.2 Å². The first-order valence-electron chi connectivity index (χ1n) is 14.2. The number of hydrogen-bond acceptors (Lipinski definition) is 10. The summed E-state index contributed by atoms with van der Waals surface area (Å²) in [7, 11) is 8.95. The van der Waals surface area contributed by atoms with E-state index in [-0.39, 0.29) is 22.8 Å². The average molecular weight is 640 g/mol. The fourth-order valence-electron chi connectivity index (χ4n) is 5.08. The number of amides is 1.